The van der Waals surface area contributed by atoms with E-state index in [4.69, 9.17) is 4.74 Å². The molecule has 2 aliphatic rings. The molecule has 2 fully saturated rings. The van der Waals surface area contributed by atoms with E-state index >= 15 is 0 Å². The van der Waals surface area contributed by atoms with Crippen molar-refractivity contribution in [3.63, 3.8) is 0 Å². The van der Waals surface area contributed by atoms with Crippen LogP contribution in [0.25, 0.3) is 0 Å². The molecule has 2 saturated heterocycles. The number of ether oxygens (including phenoxy) is 1. The van der Waals surface area contributed by atoms with Crippen molar-refractivity contribution in [1.82, 2.24) is 14.7 Å². The van der Waals surface area contributed by atoms with Gasteiger partial charge in [0.15, 0.2) is 0 Å². The summed E-state index contributed by atoms with van der Waals surface area (Å²) in [5, 5.41) is 0. The molecule has 3 rings (SSSR count). The number of carbonyl (C=O) groups is 1. The van der Waals surface area contributed by atoms with Gasteiger partial charge in [-0.25, -0.2) is 0 Å². The number of hydrogen-bond donors (Lipinski definition) is 0. The lowest BCUT2D eigenvalue weighted by atomic mass is 10.1. The Morgan fingerprint density at radius 1 is 1.04 bits per heavy atom. The van der Waals surface area contributed by atoms with E-state index < -0.39 is 0 Å². The Labute approximate surface area is 157 Å². The maximum Gasteiger partial charge on any atom is 0.239 e. The summed E-state index contributed by atoms with van der Waals surface area (Å²) in [5.74, 6) is 1.20. The fourth-order valence-corrected chi connectivity index (χ4v) is 3.95. The van der Waals surface area contributed by atoms with Gasteiger partial charge in [-0.05, 0) is 25.6 Å². The molecular formula is C20H32N4O2. The summed E-state index contributed by atoms with van der Waals surface area (Å²) in [6.07, 6.45) is 0. The van der Waals surface area contributed by atoms with Gasteiger partial charge in [-0.15, -0.1) is 0 Å². The van der Waals surface area contributed by atoms with Crippen molar-refractivity contribution < 1.29 is 9.53 Å². The second-order valence-electron chi connectivity index (χ2n) is 7.13. The fourth-order valence-electron chi connectivity index (χ4n) is 3.95. The van der Waals surface area contributed by atoms with Gasteiger partial charge in [0.1, 0.15) is 5.75 Å². The van der Waals surface area contributed by atoms with Crippen molar-refractivity contribution in [2.24, 2.45) is 0 Å². The predicted molar refractivity (Wildman–Crippen MR) is 105 cm³/mol. The molecule has 0 aromatic heterocycles. The molecule has 0 saturated carbocycles. The van der Waals surface area contributed by atoms with Crippen molar-refractivity contribution >= 4 is 11.6 Å². The van der Waals surface area contributed by atoms with Crippen LogP contribution in [0.1, 0.15) is 13.8 Å². The van der Waals surface area contributed by atoms with Crippen molar-refractivity contribution in [2.75, 3.05) is 70.9 Å². The normalized spacial score (nSPS) is 20.9. The number of anilines is 1. The molecule has 6 heteroatoms. The van der Waals surface area contributed by atoms with E-state index in [0.717, 1.165) is 70.3 Å². The number of amides is 1. The van der Waals surface area contributed by atoms with Gasteiger partial charge in [0.25, 0.3) is 0 Å². The number of piperazine rings is 2. The molecule has 1 atom stereocenters. The molecule has 144 valence electrons. The third kappa shape index (κ3) is 4.13. The third-order valence-electron chi connectivity index (χ3n) is 5.78. The molecule has 26 heavy (non-hydrogen) atoms. The highest BCUT2D eigenvalue weighted by Gasteiger charge is 2.30. The zero-order valence-corrected chi connectivity index (χ0v) is 16.4. The van der Waals surface area contributed by atoms with E-state index in [9.17, 15) is 4.79 Å². The van der Waals surface area contributed by atoms with E-state index in [2.05, 4.69) is 34.6 Å². The highest BCUT2D eigenvalue weighted by Crippen LogP contribution is 2.28. The molecule has 0 spiro atoms. The Morgan fingerprint density at radius 2 is 1.69 bits per heavy atom. The monoisotopic (exact) mass is 360 g/mol. The summed E-state index contributed by atoms with van der Waals surface area (Å²) in [4.78, 5) is 22.0. The van der Waals surface area contributed by atoms with E-state index in [1.807, 2.05) is 23.1 Å². The fraction of sp³-hybridized carbons (Fsp3) is 0.650. The molecule has 0 bridgehead atoms. The van der Waals surface area contributed by atoms with Crippen LogP contribution in [0.4, 0.5) is 5.69 Å². The molecule has 1 aromatic carbocycles. The molecule has 6 nitrogen and oxygen atoms in total. The van der Waals surface area contributed by atoms with Crippen molar-refractivity contribution in [2.45, 2.75) is 19.9 Å². The van der Waals surface area contributed by atoms with Crippen LogP contribution in [0.5, 0.6) is 5.75 Å². The van der Waals surface area contributed by atoms with Crippen LogP contribution in [-0.4, -0.2) is 92.7 Å². The molecule has 0 unspecified atom stereocenters. The van der Waals surface area contributed by atoms with Crippen LogP contribution in [-0.2, 0) is 4.79 Å². The van der Waals surface area contributed by atoms with E-state index in [0.29, 0.717) is 0 Å². The van der Waals surface area contributed by atoms with Crippen molar-refractivity contribution in [1.29, 1.82) is 0 Å². The first-order valence-electron chi connectivity index (χ1n) is 9.77. The first kappa shape index (κ1) is 19.0. The van der Waals surface area contributed by atoms with Crippen LogP contribution < -0.4 is 9.64 Å². The van der Waals surface area contributed by atoms with Gasteiger partial charge in [0.2, 0.25) is 5.91 Å². The average Bonchev–Trinajstić information content (AvgIpc) is 2.73. The first-order chi connectivity index (χ1) is 12.6. The summed E-state index contributed by atoms with van der Waals surface area (Å²) in [6, 6.07) is 8.12. The maximum absolute atomic E-state index is 12.9. The first-order valence-corrected chi connectivity index (χ1v) is 9.77. The zero-order valence-electron chi connectivity index (χ0n) is 16.4. The van der Waals surface area contributed by atoms with Gasteiger partial charge in [0, 0.05) is 52.4 Å². The number of rotatable bonds is 5. The summed E-state index contributed by atoms with van der Waals surface area (Å²) in [6.45, 7) is 12.7. The lowest BCUT2D eigenvalue weighted by molar-refractivity contribution is -0.138. The Kier molecular flexibility index (Phi) is 6.38. The predicted octanol–water partition coefficient (Wildman–Crippen LogP) is 1.37. The standard InChI is InChI=1S/C20H32N4O2/c1-4-21-9-11-24(12-10-21)20(25)17(2)22-13-15-23(16-14-22)18-7-5-6-8-19(18)26-3/h5-8,17H,4,9-16H2,1-3H3/t17-/m1/s1. The van der Waals surface area contributed by atoms with E-state index in [-0.39, 0.29) is 11.9 Å². The van der Waals surface area contributed by atoms with Gasteiger partial charge in [0.05, 0.1) is 18.8 Å². The lowest BCUT2D eigenvalue weighted by Gasteiger charge is -2.41. The van der Waals surface area contributed by atoms with Gasteiger partial charge in [-0.1, -0.05) is 19.1 Å². The van der Waals surface area contributed by atoms with Crippen LogP contribution >= 0.6 is 0 Å². The quantitative estimate of drug-likeness (QED) is 0.793. The van der Waals surface area contributed by atoms with Crippen LogP contribution in [0.15, 0.2) is 24.3 Å². The topological polar surface area (TPSA) is 39.3 Å². The Bertz CT molecular complexity index is 593. The van der Waals surface area contributed by atoms with Crippen molar-refractivity contribution in [3.05, 3.63) is 24.3 Å². The minimum Gasteiger partial charge on any atom is -0.495 e. The van der Waals surface area contributed by atoms with Gasteiger partial charge >= 0.3 is 0 Å². The van der Waals surface area contributed by atoms with Crippen LogP contribution in [0.3, 0.4) is 0 Å². The van der Waals surface area contributed by atoms with E-state index in [1.165, 1.54) is 0 Å². The number of carbonyl (C=O) groups excluding carboxylic acids is 1. The number of benzene rings is 1. The minimum atomic E-state index is -0.0389. The van der Waals surface area contributed by atoms with Crippen LogP contribution in [0, 0.1) is 0 Å². The number of methoxy groups -OCH3 is 1. The molecule has 0 radical (unpaired) electrons. The van der Waals surface area contributed by atoms with Gasteiger partial charge < -0.3 is 19.4 Å². The summed E-state index contributed by atoms with van der Waals surface area (Å²) < 4.78 is 5.49. The van der Waals surface area contributed by atoms with Gasteiger partial charge in [-0.3, -0.25) is 9.69 Å². The summed E-state index contributed by atoms with van der Waals surface area (Å²) in [5.41, 5.74) is 1.14. The zero-order chi connectivity index (χ0) is 18.5. The highest BCUT2D eigenvalue weighted by atomic mass is 16.5. The number of likely N-dealkylation sites (N-methyl/N-ethyl adjacent to an activating group) is 1. The number of para-hydroxylation sites is 2. The SMILES string of the molecule is CCN1CCN(C(=O)[C@@H](C)N2CCN(c3ccccc3OC)CC2)CC1. The molecule has 1 aromatic rings. The third-order valence-corrected chi connectivity index (χ3v) is 5.78. The lowest BCUT2D eigenvalue weighted by Crippen LogP contribution is -2.57. The molecule has 0 N–H and O–H groups in total. The molecule has 2 heterocycles. The number of nitrogens with zero attached hydrogens (tertiary/aromatic N) is 4. The smallest absolute Gasteiger partial charge is 0.239 e. The second-order valence-corrected chi connectivity index (χ2v) is 7.13. The summed E-state index contributed by atoms with van der Waals surface area (Å²) in [7, 11) is 1.72. The summed E-state index contributed by atoms with van der Waals surface area (Å²) >= 11 is 0. The molecule has 0 aliphatic carbocycles. The Hall–Kier alpha value is -1.79. The average molecular weight is 361 g/mol. The van der Waals surface area contributed by atoms with E-state index in [1.54, 1.807) is 7.11 Å². The highest BCUT2D eigenvalue weighted by molar-refractivity contribution is 5.81. The van der Waals surface area contributed by atoms with Gasteiger partial charge in [-0.2, -0.15) is 0 Å². The molecular weight excluding hydrogens is 328 g/mol. The van der Waals surface area contributed by atoms with Crippen LogP contribution in [0.2, 0.25) is 0 Å². The second kappa shape index (κ2) is 8.73. The minimum absolute atomic E-state index is 0.0389. The molecule has 1 amide bonds. The number of hydrogen-bond acceptors (Lipinski definition) is 5. The Morgan fingerprint density at radius 3 is 2.31 bits per heavy atom. The molecule has 2 aliphatic heterocycles. The largest absolute Gasteiger partial charge is 0.495 e. The Balaban J connectivity index is 1.53. The van der Waals surface area contributed by atoms with Crippen molar-refractivity contribution in [3.8, 4) is 5.75 Å². The maximum atomic E-state index is 12.9.